The van der Waals surface area contributed by atoms with E-state index in [1.807, 2.05) is 30.3 Å². The van der Waals surface area contributed by atoms with E-state index in [0.717, 1.165) is 17.6 Å². The molecule has 1 aromatic heterocycles. The van der Waals surface area contributed by atoms with Crippen molar-refractivity contribution in [3.63, 3.8) is 0 Å². The van der Waals surface area contributed by atoms with E-state index in [0.29, 0.717) is 6.01 Å². The second-order valence-corrected chi connectivity index (χ2v) is 4.43. The van der Waals surface area contributed by atoms with Crippen LogP contribution in [0.15, 0.2) is 67.5 Å². The molecule has 0 N–H and O–H groups in total. The Bertz CT molecular complexity index is 738. The van der Waals surface area contributed by atoms with Crippen LogP contribution in [0.3, 0.4) is 0 Å². The van der Waals surface area contributed by atoms with Gasteiger partial charge in [0, 0.05) is 12.4 Å². The average Bonchev–Trinajstić information content (AvgIpc) is 2.49. The highest BCUT2D eigenvalue weighted by atomic mass is 16.5. The fraction of sp³-hybridized carbons (Fsp3) is 0.0588. The van der Waals surface area contributed by atoms with Gasteiger partial charge in [-0.3, -0.25) is 0 Å². The van der Waals surface area contributed by atoms with E-state index in [2.05, 4.69) is 28.7 Å². The molecule has 0 saturated heterocycles. The predicted octanol–water partition coefficient (Wildman–Crippen LogP) is 4.15. The Morgan fingerprint density at radius 2 is 1.85 bits per heavy atom. The van der Waals surface area contributed by atoms with E-state index in [4.69, 9.17) is 4.74 Å². The molecule has 0 aliphatic heterocycles. The molecule has 20 heavy (non-hydrogen) atoms. The summed E-state index contributed by atoms with van der Waals surface area (Å²) in [5, 5.41) is 2.35. The van der Waals surface area contributed by atoms with Gasteiger partial charge >= 0.3 is 6.01 Å². The molecule has 3 rings (SSSR count). The number of hydrogen-bond acceptors (Lipinski definition) is 3. The molecule has 0 atom stereocenters. The average molecular weight is 262 g/mol. The van der Waals surface area contributed by atoms with E-state index in [9.17, 15) is 0 Å². The number of ether oxygens (including phenoxy) is 1. The fourth-order valence-electron chi connectivity index (χ4n) is 2.19. The van der Waals surface area contributed by atoms with Gasteiger partial charge in [-0.25, -0.2) is 9.97 Å². The van der Waals surface area contributed by atoms with Crippen molar-refractivity contribution < 1.29 is 4.74 Å². The Morgan fingerprint density at radius 3 is 2.65 bits per heavy atom. The summed E-state index contributed by atoms with van der Waals surface area (Å²) in [6, 6.07) is 14.4. The van der Waals surface area contributed by atoms with Crippen molar-refractivity contribution >= 4 is 10.8 Å². The first kappa shape index (κ1) is 12.4. The third-order valence-corrected chi connectivity index (χ3v) is 3.04. The Morgan fingerprint density at radius 1 is 1.05 bits per heavy atom. The molecule has 1 heterocycles. The van der Waals surface area contributed by atoms with Crippen LogP contribution in [0.25, 0.3) is 10.8 Å². The summed E-state index contributed by atoms with van der Waals surface area (Å²) in [6.45, 7) is 3.81. The van der Waals surface area contributed by atoms with Gasteiger partial charge in [-0.15, -0.1) is 6.58 Å². The molecule has 0 fully saturated rings. The van der Waals surface area contributed by atoms with Crippen LogP contribution in [0.1, 0.15) is 5.56 Å². The molecule has 0 aliphatic carbocycles. The first-order valence-corrected chi connectivity index (χ1v) is 6.44. The Hall–Kier alpha value is -2.68. The van der Waals surface area contributed by atoms with Crippen molar-refractivity contribution in [2.75, 3.05) is 0 Å². The molecule has 3 nitrogen and oxygen atoms in total. The zero-order valence-corrected chi connectivity index (χ0v) is 11.0. The molecular formula is C17H14N2O. The summed E-state index contributed by atoms with van der Waals surface area (Å²) in [5.74, 6) is 0.742. The first-order valence-electron chi connectivity index (χ1n) is 6.44. The van der Waals surface area contributed by atoms with E-state index in [1.54, 1.807) is 18.5 Å². The van der Waals surface area contributed by atoms with Gasteiger partial charge in [-0.2, -0.15) is 0 Å². The predicted molar refractivity (Wildman–Crippen MR) is 80.0 cm³/mol. The lowest BCUT2D eigenvalue weighted by atomic mass is 10.0. The number of allylic oxidation sites excluding steroid dienone is 1. The highest BCUT2D eigenvalue weighted by molar-refractivity contribution is 5.87. The van der Waals surface area contributed by atoms with Gasteiger partial charge in [0.05, 0.1) is 0 Å². The van der Waals surface area contributed by atoms with Gasteiger partial charge in [0.15, 0.2) is 0 Å². The van der Waals surface area contributed by atoms with Crippen molar-refractivity contribution in [1.29, 1.82) is 0 Å². The van der Waals surface area contributed by atoms with E-state index in [-0.39, 0.29) is 0 Å². The topological polar surface area (TPSA) is 35.0 Å². The van der Waals surface area contributed by atoms with Crippen LogP contribution in [0.5, 0.6) is 11.8 Å². The monoisotopic (exact) mass is 262 g/mol. The fourth-order valence-corrected chi connectivity index (χ4v) is 2.19. The number of nitrogens with zero attached hydrogens (tertiary/aromatic N) is 2. The van der Waals surface area contributed by atoms with E-state index in [1.165, 1.54) is 10.9 Å². The van der Waals surface area contributed by atoms with Crippen LogP contribution in [0.2, 0.25) is 0 Å². The Labute approximate surface area is 117 Å². The first-order chi connectivity index (χ1) is 9.86. The zero-order valence-electron chi connectivity index (χ0n) is 11.0. The molecule has 0 spiro atoms. The molecule has 0 aliphatic rings. The summed E-state index contributed by atoms with van der Waals surface area (Å²) >= 11 is 0. The molecule has 2 aromatic carbocycles. The Kier molecular flexibility index (Phi) is 3.42. The van der Waals surface area contributed by atoms with Crippen LogP contribution < -0.4 is 4.74 Å². The van der Waals surface area contributed by atoms with Gasteiger partial charge < -0.3 is 4.74 Å². The zero-order chi connectivity index (χ0) is 13.8. The standard InChI is InChI=1S/C17H14N2O/c1-2-6-13-11-15(20-17-18-9-5-10-19-17)12-14-7-3-4-8-16(13)14/h2-5,7-12H,1,6H2. The normalized spacial score (nSPS) is 10.4. The highest BCUT2D eigenvalue weighted by Gasteiger charge is 2.05. The minimum absolute atomic E-state index is 0.354. The Balaban J connectivity index is 2.05. The summed E-state index contributed by atoms with van der Waals surface area (Å²) < 4.78 is 5.72. The summed E-state index contributed by atoms with van der Waals surface area (Å²) in [5.41, 5.74) is 1.18. The number of fused-ring (bicyclic) bond motifs is 1. The smallest absolute Gasteiger partial charge is 0.321 e. The van der Waals surface area contributed by atoms with Crippen LogP contribution in [-0.2, 0) is 6.42 Å². The van der Waals surface area contributed by atoms with Crippen LogP contribution in [0, 0.1) is 0 Å². The van der Waals surface area contributed by atoms with E-state index >= 15 is 0 Å². The molecule has 98 valence electrons. The van der Waals surface area contributed by atoms with E-state index < -0.39 is 0 Å². The number of hydrogen-bond donors (Lipinski definition) is 0. The maximum atomic E-state index is 5.72. The molecule has 0 amide bonds. The quantitative estimate of drug-likeness (QED) is 0.662. The maximum absolute atomic E-state index is 5.72. The molecule has 0 bridgehead atoms. The van der Waals surface area contributed by atoms with Crippen molar-refractivity contribution in [3.8, 4) is 11.8 Å². The van der Waals surface area contributed by atoms with Crippen LogP contribution in [-0.4, -0.2) is 9.97 Å². The SMILES string of the molecule is C=CCc1cc(Oc2ncccn2)cc2ccccc12. The maximum Gasteiger partial charge on any atom is 0.321 e. The largest absolute Gasteiger partial charge is 0.424 e. The van der Waals surface area contributed by atoms with Crippen molar-refractivity contribution in [2.45, 2.75) is 6.42 Å². The second-order valence-electron chi connectivity index (χ2n) is 4.43. The summed E-state index contributed by atoms with van der Waals surface area (Å²) in [4.78, 5) is 8.15. The van der Waals surface area contributed by atoms with Gasteiger partial charge in [-0.1, -0.05) is 30.3 Å². The molecule has 0 unspecified atom stereocenters. The summed E-state index contributed by atoms with van der Waals surface area (Å²) in [6.07, 6.45) is 6.01. The minimum atomic E-state index is 0.354. The van der Waals surface area contributed by atoms with Gasteiger partial charge in [0.25, 0.3) is 0 Å². The molecule has 0 radical (unpaired) electrons. The third-order valence-electron chi connectivity index (χ3n) is 3.04. The van der Waals surface area contributed by atoms with Crippen LogP contribution in [0.4, 0.5) is 0 Å². The van der Waals surface area contributed by atoms with Crippen LogP contribution >= 0.6 is 0 Å². The third kappa shape index (κ3) is 2.52. The number of benzene rings is 2. The van der Waals surface area contributed by atoms with Gasteiger partial charge in [-0.05, 0) is 41.0 Å². The van der Waals surface area contributed by atoms with Gasteiger partial charge in [0.2, 0.25) is 0 Å². The lowest BCUT2D eigenvalue weighted by Gasteiger charge is -2.09. The number of rotatable bonds is 4. The van der Waals surface area contributed by atoms with Crippen molar-refractivity contribution in [1.82, 2.24) is 9.97 Å². The van der Waals surface area contributed by atoms with Crippen molar-refractivity contribution in [2.24, 2.45) is 0 Å². The molecule has 0 saturated carbocycles. The number of aromatic nitrogens is 2. The van der Waals surface area contributed by atoms with Crippen molar-refractivity contribution in [3.05, 3.63) is 73.1 Å². The second kappa shape index (κ2) is 5.53. The summed E-state index contributed by atoms with van der Waals surface area (Å²) in [7, 11) is 0. The molecule has 3 aromatic rings. The molecule has 3 heteroatoms. The minimum Gasteiger partial charge on any atom is -0.424 e. The van der Waals surface area contributed by atoms with Gasteiger partial charge in [0.1, 0.15) is 5.75 Å². The highest BCUT2D eigenvalue weighted by Crippen LogP contribution is 2.28. The molecular weight excluding hydrogens is 248 g/mol. The lowest BCUT2D eigenvalue weighted by molar-refractivity contribution is 0.442. The lowest BCUT2D eigenvalue weighted by Crippen LogP contribution is -1.92.